The summed E-state index contributed by atoms with van der Waals surface area (Å²) >= 11 is 0. The topological polar surface area (TPSA) is 34.1 Å². The Kier molecular flexibility index (Phi) is 2.34. The number of hydrogen-bond acceptors (Lipinski definition) is 2. The summed E-state index contributed by atoms with van der Waals surface area (Å²) in [6.07, 6.45) is 5.55. The molecule has 0 heterocycles. The van der Waals surface area contributed by atoms with Crippen molar-refractivity contribution in [2.24, 2.45) is 11.8 Å². The molecular weight excluding hydrogens is 191 g/mol. The fourth-order valence-corrected chi connectivity index (χ4v) is 3.36. The van der Waals surface area contributed by atoms with Crippen molar-refractivity contribution >= 4 is 10.2 Å². The fraction of sp³-hybridized carbons (Fsp3) is 1.00. The van der Waals surface area contributed by atoms with E-state index in [2.05, 4.69) is 0 Å². The minimum Gasteiger partial charge on any atom is -0.195 e. The lowest BCUT2D eigenvalue weighted by Gasteiger charge is -2.26. The third kappa shape index (κ3) is 2.22. The highest BCUT2D eigenvalue weighted by Crippen LogP contribution is 2.45. The summed E-state index contributed by atoms with van der Waals surface area (Å²) in [6.45, 7) is 0. The highest BCUT2D eigenvalue weighted by atomic mass is 32.3. The van der Waals surface area contributed by atoms with Crippen LogP contribution >= 0.6 is 0 Å². The number of hydrogen-bond donors (Lipinski definition) is 0. The van der Waals surface area contributed by atoms with Crippen molar-refractivity contribution in [3.8, 4) is 0 Å². The summed E-state index contributed by atoms with van der Waals surface area (Å²) in [7, 11) is -4.26. The van der Waals surface area contributed by atoms with Crippen LogP contribution < -0.4 is 0 Å². The first-order chi connectivity index (χ1) is 6.07. The van der Waals surface area contributed by atoms with Gasteiger partial charge in [-0.1, -0.05) is 12.8 Å². The zero-order valence-corrected chi connectivity index (χ0v) is 8.39. The summed E-state index contributed by atoms with van der Waals surface area (Å²) in [4.78, 5) is 0. The second-order valence-corrected chi connectivity index (χ2v) is 5.98. The summed E-state index contributed by atoms with van der Waals surface area (Å²) < 4.78 is 34.1. The fourth-order valence-electron chi connectivity index (χ4n) is 2.43. The van der Waals surface area contributed by atoms with E-state index < -0.39 is 15.5 Å². The molecule has 0 aliphatic heterocycles. The van der Waals surface area contributed by atoms with Crippen molar-refractivity contribution in [3.63, 3.8) is 0 Å². The van der Waals surface area contributed by atoms with E-state index >= 15 is 0 Å². The van der Waals surface area contributed by atoms with Crippen LogP contribution in [0.3, 0.4) is 0 Å². The van der Waals surface area contributed by atoms with E-state index in [1.165, 1.54) is 12.8 Å². The highest BCUT2D eigenvalue weighted by Gasteiger charge is 2.38. The molecule has 0 aromatic rings. The molecule has 4 heteroatoms. The van der Waals surface area contributed by atoms with Crippen LogP contribution in [0.15, 0.2) is 0 Å². The van der Waals surface area contributed by atoms with Crippen molar-refractivity contribution in [1.29, 1.82) is 0 Å². The molecule has 2 nitrogen and oxygen atoms in total. The molecule has 2 aliphatic rings. The zero-order valence-electron chi connectivity index (χ0n) is 7.58. The summed E-state index contributed by atoms with van der Waals surface area (Å²) in [5, 5.41) is -0.688. The van der Waals surface area contributed by atoms with Gasteiger partial charge in [0.25, 0.3) is 0 Å². The average Bonchev–Trinajstić information content (AvgIpc) is 2.85. The lowest BCUT2D eigenvalue weighted by atomic mass is 9.85. The monoisotopic (exact) mass is 206 g/mol. The summed E-state index contributed by atoms with van der Waals surface area (Å²) in [6, 6.07) is 0. The maximum absolute atomic E-state index is 12.7. The minimum absolute atomic E-state index is 0.490. The Morgan fingerprint density at radius 2 is 1.69 bits per heavy atom. The van der Waals surface area contributed by atoms with E-state index in [1.54, 1.807) is 0 Å². The molecule has 2 rings (SSSR count). The molecule has 0 N–H and O–H groups in total. The molecule has 2 fully saturated rings. The van der Waals surface area contributed by atoms with Gasteiger partial charge < -0.3 is 0 Å². The molecule has 2 unspecified atom stereocenters. The second kappa shape index (κ2) is 3.23. The molecule has 0 saturated heterocycles. The predicted molar refractivity (Wildman–Crippen MR) is 48.5 cm³/mol. The Labute approximate surface area is 78.7 Å². The Morgan fingerprint density at radius 3 is 2.23 bits per heavy atom. The van der Waals surface area contributed by atoms with Crippen molar-refractivity contribution in [1.82, 2.24) is 0 Å². The Hall–Kier alpha value is -0.120. The van der Waals surface area contributed by atoms with E-state index in [-0.39, 0.29) is 0 Å². The Balaban J connectivity index is 1.99. The SMILES string of the molecule is O=S(=O)(F)C1CCCC(C2CC2)C1. The van der Waals surface area contributed by atoms with Crippen molar-refractivity contribution in [3.05, 3.63) is 0 Å². The number of rotatable bonds is 2. The molecule has 0 aromatic carbocycles. The van der Waals surface area contributed by atoms with Crippen LogP contribution in [-0.2, 0) is 10.2 Å². The van der Waals surface area contributed by atoms with Crippen LogP contribution in [0.25, 0.3) is 0 Å². The van der Waals surface area contributed by atoms with Gasteiger partial charge >= 0.3 is 10.2 Å². The lowest BCUT2D eigenvalue weighted by Crippen LogP contribution is -2.26. The molecule has 2 atom stereocenters. The molecule has 0 amide bonds. The second-order valence-electron chi connectivity index (χ2n) is 4.36. The molecule has 0 bridgehead atoms. The van der Waals surface area contributed by atoms with Gasteiger partial charge in [-0.2, -0.15) is 8.42 Å². The van der Waals surface area contributed by atoms with Gasteiger partial charge in [0, 0.05) is 0 Å². The predicted octanol–water partition coefficient (Wildman–Crippen LogP) is 2.25. The van der Waals surface area contributed by atoms with Gasteiger partial charge in [-0.3, -0.25) is 0 Å². The summed E-state index contributed by atoms with van der Waals surface area (Å²) in [5.41, 5.74) is 0. The third-order valence-electron chi connectivity index (χ3n) is 3.35. The van der Waals surface area contributed by atoms with Crippen LogP contribution in [0.2, 0.25) is 0 Å². The largest absolute Gasteiger partial charge is 0.305 e. The molecule has 2 saturated carbocycles. The Morgan fingerprint density at radius 1 is 1.00 bits per heavy atom. The lowest BCUT2D eigenvalue weighted by molar-refractivity contribution is 0.318. The molecule has 0 aromatic heterocycles. The van der Waals surface area contributed by atoms with E-state index in [9.17, 15) is 12.3 Å². The molecular formula is C9H15FO2S. The molecule has 0 spiro atoms. The van der Waals surface area contributed by atoms with E-state index in [1.807, 2.05) is 0 Å². The van der Waals surface area contributed by atoms with Crippen LogP contribution in [0.1, 0.15) is 38.5 Å². The first-order valence-corrected chi connectivity index (χ1v) is 6.45. The van der Waals surface area contributed by atoms with Gasteiger partial charge in [0.1, 0.15) is 0 Å². The normalized spacial score (nSPS) is 36.1. The molecule has 13 heavy (non-hydrogen) atoms. The van der Waals surface area contributed by atoms with Crippen LogP contribution in [0.5, 0.6) is 0 Å². The van der Waals surface area contributed by atoms with Crippen LogP contribution in [-0.4, -0.2) is 13.7 Å². The third-order valence-corrected chi connectivity index (χ3v) is 4.58. The average molecular weight is 206 g/mol. The van der Waals surface area contributed by atoms with Gasteiger partial charge in [0.05, 0.1) is 5.25 Å². The van der Waals surface area contributed by atoms with Crippen LogP contribution in [0.4, 0.5) is 3.89 Å². The van der Waals surface area contributed by atoms with Crippen molar-refractivity contribution in [2.45, 2.75) is 43.8 Å². The van der Waals surface area contributed by atoms with E-state index in [0.717, 1.165) is 12.8 Å². The van der Waals surface area contributed by atoms with E-state index in [0.29, 0.717) is 24.7 Å². The molecule has 0 radical (unpaired) electrons. The molecule has 2 aliphatic carbocycles. The van der Waals surface area contributed by atoms with Gasteiger partial charge in [-0.05, 0) is 37.5 Å². The summed E-state index contributed by atoms with van der Waals surface area (Å²) in [5.74, 6) is 1.20. The molecule has 76 valence electrons. The van der Waals surface area contributed by atoms with Gasteiger partial charge in [-0.25, -0.2) is 0 Å². The first kappa shape index (κ1) is 9.44. The van der Waals surface area contributed by atoms with E-state index in [4.69, 9.17) is 0 Å². The maximum Gasteiger partial charge on any atom is 0.305 e. The maximum atomic E-state index is 12.7. The first-order valence-electron chi connectivity index (χ1n) is 5.01. The highest BCUT2D eigenvalue weighted by molar-refractivity contribution is 7.87. The van der Waals surface area contributed by atoms with Crippen molar-refractivity contribution in [2.75, 3.05) is 0 Å². The standard InChI is InChI=1S/C9H15FO2S/c10-13(11,12)9-3-1-2-8(6-9)7-4-5-7/h7-9H,1-6H2. The van der Waals surface area contributed by atoms with Crippen LogP contribution in [0, 0.1) is 11.8 Å². The Bertz CT molecular complexity index is 282. The van der Waals surface area contributed by atoms with Gasteiger partial charge in [0.2, 0.25) is 0 Å². The quantitative estimate of drug-likeness (QED) is 0.649. The number of halogens is 1. The zero-order chi connectivity index (χ0) is 9.47. The van der Waals surface area contributed by atoms with Gasteiger partial charge in [0.15, 0.2) is 0 Å². The minimum atomic E-state index is -4.26. The smallest absolute Gasteiger partial charge is 0.195 e. The van der Waals surface area contributed by atoms with Crippen molar-refractivity contribution < 1.29 is 12.3 Å². The van der Waals surface area contributed by atoms with Gasteiger partial charge in [-0.15, -0.1) is 3.89 Å².